The van der Waals surface area contributed by atoms with Crippen LogP contribution in [0.3, 0.4) is 0 Å². The van der Waals surface area contributed by atoms with Crippen molar-refractivity contribution >= 4 is 39.1 Å². The molecule has 0 aliphatic rings. The molecule has 1 N–H and O–H groups in total. The van der Waals surface area contributed by atoms with Gasteiger partial charge in [0.05, 0.1) is 17.7 Å². The zero-order valence-electron chi connectivity index (χ0n) is 24.3. The molecule has 0 aliphatic carbocycles. The van der Waals surface area contributed by atoms with Crippen molar-refractivity contribution in [2.45, 2.75) is 52.1 Å². The molecule has 10 heteroatoms. The van der Waals surface area contributed by atoms with Gasteiger partial charge in [0.2, 0.25) is 11.8 Å². The first-order chi connectivity index (χ1) is 19.3. The topological polar surface area (TPSA) is 96.0 Å². The van der Waals surface area contributed by atoms with Crippen LogP contribution < -0.4 is 14.4 Å². The van der Waals surface area contributed by atoms with Crippen LogP contribution in [0.2, 0.25) is 5.02 Å². The number of amides is 2. The van der Waals surface area contributed by atoms with Gasteiger partial charge in [0.15, 0.2) is 0 Å². The van der Waals surface area contributed by atoms with Crippen molar-refractivity contribution in [3.8, 4) is 5.75 Å². The first-order valence-electron chi connectivity index (χ1n) is 13.4. The van der Waals surface area contributed by atoms with Gasteiger partial charge in [-0.3, -0.25) is 13.9 Å². The molecule has 0 fully saturated rings. The SMILES string of the molecule is COc1ccc(C)cc1N(CC(=O)N(Cc1cccc(Cl)c1)[C@H](C)C(=O)NCC(C)C)S(=O)(=O)c1ccc(C)cc1. The highest BCUT2D eigenvalue weighted by Crippen LogP contribution is 2.34. The van der Waals surface area contributed by atoms with E-state index in [4.69, 9.17) is 16.3 Å². The smallest absolute Gasteiger partial charge is 0.264 e. The minimum absolute atomic E-state index is 0.0311. The fraction of sp³-hybridized carbons (Fsp3) is 0.355. The molecule has 0 heterocycles. The van der Waals surface area contributed by atoms with Crippen LogP contribution in [0.25, 0.3) is 0 Å². The number of anilines is 1. The molecule has 0 radical (unpaired) electrons. The number of carbonyl (C=O) groups is 2. The Labute approximate surface area is 248 Å². The average Bonchev–Trinajstić information content (AvgIpc) is 2.93. The lowest BCUT2D eigenvalue weighted by atomic mass is 10.1. The lowest BCUT2D eigenvalue weighted by Crippen LogP contribution is -2.51. The number of nitrogens with one attached hydrogen (secondary N) is 1. The lowest BCUT2D eigenvalue weighted by molar-refractivity contribution is -0.139. The van der Waals surface area contributed by atoms with Gasteiger partial charge in [-0.15, -0.1) is 0 Å². The summed E-state index contributed by atoms with van der Waals surface area (Å²) in [6.45, 7) is 9.21. The van der Waals surface area contributed by atoms with Crippen molar-refractivity contribution < 1.29 is 22.7 Å². The number of hydrogen-bond donors (Lipinski definition) is 1. The van der Waals surface area contributed by atoms with E-state index in [9.17, 15) is 18.0 Å². The minimum atomic E-state index is -4.21. The second-order valence-corrected chi connectivity index (χ2v) is 12.8. The Morgan fingerprint density at radius 3 is 2.22 bits per heavy atom. The van der Waals surface area contributed by atoms with Gasteiger partial charge in [0.25, 0.3) is 10.0 Å². The molecule has 1 atom stereocenters. The summed E-state index contributed by atoms with van der Waals surface area (Å²) in [4.78, 5) is 28.6. The van der Waals surface area contributed by atoms with E-state index < -0.39 is 28.5 Å². The molecule has 2 amide bonds. The second-order valence-electron chi connectivity index (χ2n) is 10.5. The Kier molecular flexibility index (Phi) is 10.8. The van der Waals surface area contributed by atoms with Gasteiger partial charge < -0.3 is 15.0 Å². The number of sulfonamides is 1. The third-order valence-electron chi connectivity index (χ3n) is 6.58. The van der Waals surface area contributed by atoms with Crippen LogP contribution in [0, 0.1) is 19.8 Å². The normalized spacial score (nSPS) is 12.1. The Balaban J connectivity index is 2.08. The van der Waals surface area contributed by atoms with Crippen LogP contribution in [-0.4, -0.2) is 51.4 Å². The van der Waals surface area contributed by atoms with Gasteiger partial charge >= 0.3 is 0 Å². The molecule has 0 saturated carbocycles. The molecular formula is C31H38ClN3O5S. The number of ether oxygens (including phenoxy) is 1. The Bertz CT molecular complexity index is 1480. The minimum Gasteiger partial charge on any atom is -0.495 e. The number of carbonyl (C=O) groups excluding carboxylic acids is 2. The zero-order chi connectivity index (χ0) is 30.3. The maximum Gasteiger partial charge on any atom is 0.264 e. The van der Waals surface area contributed by atoms with E-state index in [1.54, 1.807) is 61.5 Å². The highest BCUT2D eigenvalue weighted by Gasteiger charge is 2.34. The van der Waals surface area contributed by atoms with E-state index in [2.05, 4.69) is 5.32 Å². The number of nitrogens with zero attached hydrogens (tertiary/aromatic N) is 2. The first-order valence-corrected chi connectivity index (χ1v) is 15.2. The maximum absolute atomic E-state index is 14.1. The van der Waals surface area contributed by atoms with E-state index in [1.165, 1.54) is 24.1 Å². The molecule has 3 rings (SSSR count). The van der Waals surface area contributed by atoms with Crippen LogP contribution in [0.15, 0.2) is 71.6 Å². The highest BCUT2D eigenvalue weighted by molar-refractivity contribution is 7.92. The van der Waals surface area contributed by atoms with Crippen LogP contribution in [0.4, 0.5) is 5.69 Å². The first kappa shape index (κ1) is 32.0. The molecule has 0 bridgehead atoms. The summed E-state index contributed by atoms with van der Waals surface area (Å²) in [5.41, 5.74) is 2.61. The number of rotatable bonds is 12. The summed E-state index contributed by atoms with van der Waals surface area (Å²) in [6, 6.07) is 17.7. The predicted molar refractivity (Wildman–Crippen MR) is 163 cm³/mol. The standard InChI is InChI=1S/C31H38ClN3O5S/c1-21(2)18-33-31(37)24(5)34(19-25-8-7-9-26(32)17-25)30(36)20-35(28-16-23(4)12-15-29(28)40-6)41(38,39)27-13-10-22(3)11-14-27/h7-17,21,24H,18-20H2,1-6H3,(H,33,37)/t24-/m1/s1. The van der Waals surface area contributed by atoms with E-state index in [0.29, 0.717) is 22.9 Å². The Morgan fingerprint density at radius 1 is 0.951 bits per heavy atom. The quantitative estimate of drug-likeness (QED) is 0.303. The number of benzene rings is 3. The monoisotopic (exact) mass is 599 g/mol. The largest absolute Gasteiger partial charge is 0.495 e. The predicted octanol–water partition coefficient (Wildman–Crippen LogP) is 5.35. The fourth-order valence-corrected chi connectivity index (χ4v) is 5.84. The molecule has 0 spiro atoms. The Hall–Kier alpha value is -3.56. The average molecular weight is 600 g/mol. The van der Waals surface area contributed by atoms with Crippen molar-refractivity contribution in [3.05, 3.63) is 88.4 Å². The third kappa shape index (κ3) is 8.24. The van der Waals surface area contributed by atoms with E-state index >= 15 is 0 Å². The molecule has 3 aromatic rings. The Morgan fingerprint density at radius 2 is 1.61 bits per heavy atom. The summed E-state index contributed by atoms with van der Waals surface area (Å²) < 4.78 is 34.7. The van der Waals surface area contributed by atoms with Crippen molar-refractivity contribution in [1.29, 1.82) is 0 Å². The number of hydrogen-bond acceptors (Lipinski definition) is 5. The number of aryl methyl sites for hydroxylation is 2. The van der Waals surface area contributed by atoms with Crippen LogP contribution in [0.5, 0.6) is 5.75 Å². The van der Waals surface area contributed by atoms with Crippen molar-refractivity contribution in [3.63, 3.8) is 0 Å². The highest BCUT2D eigenvalue weighted by atomic mass is 35.5. The molecule has 0 aromatic heterocycles. The van der Waals surface area contributed by atoms with Crippen molar-refractivity contribution in [2.24, 2.45) is 5.92 Å². The third-order valence-corrected chi connectivity index (χ3v) is 8.59. The summed E-state index contributed by atoms with van der Waals surface area (Å²) in [7, 11) is -2.77. The van der Waals surface area contributed by atoms with E-state index in [-0.39, 0.29) is 29.0 Å². The van der Waals surface area contributed by atoms with E-state index in [0.717, 1.165) is 15.4 Å². The number of halogens is 1. The van der Waals surface area contributed by atoms with Gasteiger partial charge in [-0.05, 0) is 74.2 Å². The van der Waals surface area contributed by atoms with E-state index in [1.807, 2.05) is 27.7 Å². The van der Waals surface area contributed by atoms with Gasteiger partial charge in [0, 0.05) is 18.1 Å². The number of methoxy groups -OCH3 is 1. The maximum atomic E-state index is 14.1. The second kappa shape index (κ2) is 13.9. The molecule has 8 nitrogen and oxygen atoms in total. The summed E-state index contributed by atoms with van der Waals surface area (Å²) in [6.07, 6.45) is 0. The van der Waals surface area contributed by atoms with Gasteiger partial charge in [-0.2, -0.15) is 0 Å². The lowest BCUT2D eigenvalue weighted by Gasteiger charge is -2.32. The van der Waals surface area contributed by atoms with Gasteiger partial charge in [-0.1, -0.05) is 61.3 Å². The summed E-state index contributed by atoms with van der Waals surface area (Å²) >= 11 is 6.20. The zero-order valence-corrected chi connectivity index (χ0v) is 25.9. The summed E-state index contributed by atoms with van der Waals surface area (Å²) in [5, 5.41) is 3.36. The molecule has 0 saturated heterocycles. The molecule has 0 aliphatic heterocycles. The van der Waals surface area contributed by atoms with Crippen LogP contribution in [-0.2, 0) is 26.2 Å². The van der Waals surface area contributed by atoms with Crippen molar-refractivity contribution in [1.82, 2.24) is 10.2 Å². The fourth-order valence-electron chi connectivity index (χ4n) is 4.21. The summed E-state index contributed by atoms with van der Waals surface area (Å²) in [5.74, 6) is -0.387. The van der Waals surface area contributed by atoms with Gasteiger partial charge in [0.1, 0.15) is 18.3 Å². The molecular weight excluding hydrogens is 562 g/mol. The van der Waals surface area contributed by atoms with Crippen LogP contribution in [0.1, 0.15) is 37.5 Å². The molecule has 220 valence electrons. The van der Waals surface area contributed by atoms with Crippen molar-refractivity contribution in [2.75, 3.05) is 24.5 Å². The molecule has 3 aromatic carbocycles. The van der Waals surface area contributed by atoms with Crippen LogP contribution >= 0.6 is 11.6 Å². The van der Waals surface area contributed by atoms with Gasteiger partial charge in [-0.25, -0.2) is 8.42 Å². The molecule has 41 heavy (non-hydrogen) atoms. The molecule has 0 unspecified atom stereocenters.